The van der Waals surface area contributed by atoms with Gasteiger partial charge in [-0.1, -0.05) is 26.2 Å². The average molecular weight is 255 g/mol. The second-order valence-electron chi connectivity index (χ2n) is 4.32. The minimum atomic E-state index is 0.0271. The van der Waals surface area contributed by atoms with E-state index in [0.29, 0.717) is 11.6 Å². The van der Waals surface area contributed by atoms with Gasteiger partial charge in [-0.05, 0) is 13.3 Å². The van der Waals surface area contributed by atoms with E-state index < -0.39 is 0 Å². The lowest BCUT2D eigenvalue weighted by Gasteiger charge is -2.12. The Morgan fingerprint density at radius 2 is 2.35 bits per heavy atom. The third-order valence-electron chi connectivity index (χ3n) is 2.56. The molecular weight excluding hydrogens is 234 g/mol. The molecule has 1 unspecified atom stereocenters. The van der Waals surface area contributed by atoms with Crippen molar-refractivity contribution in [2.24, 2.45) is 0 Å². The molecular formula is C12H21N3OS. The summed E-state index contributed by atoms with van der Waals surface area (Å²) >= 11 is 1.37. The van der Waals surface area contributed by atoms with E-state index in [1.165, 1.54) is 30.6 Å². The first-order chi connectivity index (χ1) is 8.11. The van der Waals surface area contributed by atoms with Gasteiger partial charge in [0.25, 0.3) is 0 Å². The maximum atomic E-state index is 11.7. The van der Waals surface area contributed by atoms with Crippen molar-refractivity contribution in [2.75, 3.05) is 5.73 Å². The number of hydrogen-bond donors (Lipinski definition) is 2. The monoisotopic (exact) mass is 255 g/mol. The number of anilines is 1. The van der Waals surface area contributed by atoms with Crippen LogP contribution in [0, 0.1) is 0 Å². The van der Waals surface area contributed by atoms with Gasteiger partial charge in [0.1, 0.15) is 0 Å². The van der Waals surface area contributed by atoms with Crippen LogP contribution in [0.4, 0.5) is 5.13 Å². The fourth-order valence-electron chi connectivity index (χ4n) is 1.67. The molecule has 0 saturated heterocycles. The fourth-order valence-corrected chi connectivity index (χ4v) is 2.23. The number of hydrogen-bond acceptors (Lipinski definition) is 4. The number of carbonyl (C=O) groups excluding carboxylic acids is 1. The van der Waals surface area contributed by atoms with Crippen LogP contribution in [0.5, 0.6) is 0 Å². The van der Waals surface area contributed by atoms with Crippen molar-refractivity contribution in [1.29, 1.82) is 0 Å². The molecule has 0 fully saturated rings. The fraction of sp³-hybridized carbons (Fsp3) is 0.667. The molecule has 96 valence electrons. The van der Waals surface area contributed by atoms with Crippen LogP contribution in [0.2, 0.25) is 0 Å². The smallest absolute Gasteiger partial charge is 0.226 e. The number of nitrogens with two attached hydrogens (primary N) is 1. The zero-order chi connectivity index (χ0) is 12.7. The van der Waals surface area contributed by atoms with E-state index in [9.17, 15) is 4.79 Å². The number of thiazole rings is 1. The summed E-state index contributed by atoms with van der Waals surface area (Å²) in [7, 11) is 0. The molecule has 1 aromatic rings. The summed E-state index contributed by atoms with van der Waals surface area (Å²) in [5, 5.41) is 5.33. The number of aromatic nitrogens is 1. The lowest BCUT2D eigenvalue weighted by Crippen LogP contribution is -2.33. The van der Waals surface area contributed by atoms with Gasteiger partial charge < -0.3 is 11.1 Å². The van der Waals surface area contributed by atoms with Crippen molar-refractivity contribution in [3.05, 3.63) is 11.1 Å². The molecule has 1 aromatic heterocycles. The summed E-state index contributed by atoms with van der Waals surface area (Å²) in [6, 6.07) is 0.241. The van der Waals surface area contributed by atoms with E-state index in [4.69, 9.17) is 5.73 Å². The maximum absolute atomic E-state index is 11.7. The summed E-state index contributed by atoms with van der Waals surface area (Å²) in [4.78, 5) is 15.7. The van der Waals surface area contributed by atoms with Gasteiger partial charge in [-0.2, -0.15) is 0 Å². The van der Waals surface area contributed by atoms with Crippen LogP contribution in [-0.2, 0) is 11.2 Å². The van der Waals surface area contributed by atoms with E-state index in [0.717, 1.165) is 12.1 Å². The second kappa shape index (κ2) is 7.27. The molecule has 0 aliphatic rings. The molecule has 0 radical (unpaired) electrons. The van der Waals surface area contributed by atoms with Crippen LogP contribution in [0.25, 0.3) is 0 Å². The minimum absolute atomic E-state index is 0.0271. The molecule has 5 heteroatoms. The van der Waals surface area contributed by atoms with Crippen LogP contribution in [0.3, 0.4) is 0 Å². The zero-order valence-electron chi connectivity index (χ0n) is 10.5. The molecule has 1 amide bonds. The first-order valence-electron chi connectivity index (χ1n) is 6.11. The van der Waals surface area contributed by atoms with E-state index in [1.54, 1.807) is 0 Å². The highest BCUT2D eigenvalue weighted by Gasteiger charge is 2.09. The summed E-state index contributed by atoms with van der Waals surface area (Å²) in [5.74, 6) is 0.0271. The lowest BCUT2D eigenvalue weighted by atomic mass is 10.1. The van der Waals surface area contributed by atoms with Gasteiger partial charge in [-0.15, -0.1) is 11.3 Å². The van der Waals surface area contributed by atoms with Gasteiger partial charge in [0.15, 0.2) is 5.13 Å². The van der Waals surface area contributed by atoms with Crippen LogP contribution < -0.4 is 11.1 Å². The molecule has 1 rings (SSSR count). The van der Waals surface area contributed by atoms with Crippen LogP contribution >= 0.6 is 11.3 Å². The van der Waals surface area contributed by atoms with Gasteiger partial charge in [0, 0.05) is 11.4 Å². The van der Waals surface area contributed by atoms with Crippen molar-refractivity contribution in [1.82, 2.24) is 10.3 Å². The summed E-state index contributed by atoms with van der Waals surface area (Å²) in [6.07, 6.45) is 4.97. The highest BCUT2D eigenvalue weighted by Crippen LogP contribution is 2.11. The number of carbonyl (C=O) groups is 1. The SMILES string of the molecule is CCCCCC(C)NC(=O)Cc1csc(N)n1. The second-order valence-corrected chi connectivity index (χ2v) is 5.21. The van der Waals surface area contributed by atoms with Crippen LogP contribution in [0.15, 0.2) is 5.38 Å². The Bertz CT molecular complexity index is 351. The van der Waals surface area contributed by atoms with Crippen LogP contribution in [-0.4, -0.2) is 16.9 Å². The summed E-state index contributed by atoms with van der Waals surface area (Å²) in [6.45, 7) is 4.22. The van der Waals surface area contributed by atoms with Crippen molar-refractivity contribution in [3.63, 3.8) is 0 Å². The van der Waals surface area contributed by atoms with Crippen molar-refractivity contribution >= 4 is 22.4 Å². The normalized spacial score (nSPS) is 12.4. The molecule has 0 aromatic carbocycles. The molecule has 3 N–H and O–H groups in total. The molecule has 17 heavy (non-hydrogen) atoms. The number of unbranched alkanes of at least 4 members (excludes halogenated alkanes) is 2. The Kier molecular flexibility index (Phi) is 5.97. The topological polar surface area (TPSA) is 68.0 Å². The number of amides is 1. The Morgan fingerprint density at radius 1 is 1.59 bits per heavy atom. The van der Waals surface area contributed by atoms with Crippen LogP contribution in [0.1, 0.15) is 45.2 Å². The minimum Gasteiger partial charge on any atom is -0.375 e. The third kappa shape index (κ3) is 5.68. The van der Waals surface area contributed by atoms with Gasteiger partial charge >= 0.3 is 0 Å². The summed E-state index contributed by atoms with van der Waals surface area (Å²) in [5.41, 5.74) is 6.27. The first kappa shape index (κ1) is 14.0. The molecule has 4 nitrogen and oxygen atoms in total. The van der Waals surface area contributed by atoms with Crippen molar-refractivity contribution < 1.29 is 4.79 Å². The predicted octanol–water partition coefficient (Wildman–Crippen LogP) is 2.35. The largest absolute Gasteiger partial charge is 0.375 e. The molecule has 0 saturated carbocycles. The quantitative estimate of drug-likeness (QED) is 0.735. The number of nitrogens with zero attached hydrogens (tertiary/aromatic N) is 1. The lowest BCUT2D eigenvalue weighted by molar-refractivity contribution is -0.121. The maximum Gasteiger partial charge on any atom is 0.226 e. The molecule has 0 aliphatic heterocycles. The van der Waals surface area contributed by atoms with E-state index >= 15 is 0 Å². The Hall–Kier alpha value is -1.10. The Balaban J connectivity index is 2.24. The highest BCUT2D eigenvalue weighted by atomic mass is 32.1. The number of nitrogen functional groups attached to an aromatic ring is 1. The molecule has 1 heterocycles. The zero-order valence-corrected chi connectivity index (χ0v) is 11.3. The van der Waals surface area contributed by atoms with E-state index in [-0.39, 0.29) is 11.9 Å². The van der Waals surface area contributed by atoms with Gasteiger partial charge in [-0.25, -0.2) is 4.98 Å². The number of rotatable bonds is 7. The van der Waals surface area contributed by atoms with E-state index in [2.05, 4.69) is 17.2 Å². The number of nitrogens with one attached hydrogen (secondary N) is 1. The van der Waals surface area contributed by atoms with Crippen molar-refractivity contribution in [2.45, 2.75) is 52.0 Å². The van der Waals surface area contributed by atoms with Crippen molar-refractivity contribution in [3.8, 4) is 0 Å². The van der Waals surface area contributed by atoms with Gasteiger partial charge in [0.2, 0.25) is 5.91 Å². The molecule has 0 aliphatic carbocycles. The molecule has 1 atom stereocenters. The van der Waals surface area contributed by atoms with Gasteiger partial charge in [-0.3, -0.25) is 4.79 Å². The molecule has 0 spiro atoms. The first-order valence-corrected chi connectivity index (χ1v) is 6.99. The standard InChI is InChI=1S/C12H21N3OS/c1-3-4-5-6-9(2)14-11(16)7-10-8-17-12(13)15-10/h8-9H,3-7H2,1-2H3,(H2,13,15)(H,14,16). The molecule has 0 bridgehead atoms. The Morgan fingerprint density at radius 3 is 2.94 bits per heavy atom. The third-order valence-corrected chi connectivity index (χ3v) is 3.28. The van der Waals surface area contributed by atoms with E-state index in [1.807, 2.05) is 12.3 Å². The van der Waals surface area contributed by atoms with Gasteiger partial charge in [0.05, 0.1) is 12.1 Å². The predicted molar refractivity (Wildman–Crippen MR) is 72.0 cm³/mol. The summed E-state index contributed by atoms with van der Waals surface area (Å²) < 4.78 is 0. The highest BCUT2D eigenvalue weighted by molar-refractivity contribution is 7.13. The Labute approximate surface area is 107 Å². The average Bonchev–Trinajstić information content (AvgIpc) is 2.64.